The zero-order chi connectivity index (χ0) is 16.5. The van der Waals surface area contributed by atoms with Crippen molar-refractivity contribution in [3.63, 3.8) is 0 Å². The van der Waals surface area contributed by atoms with Crippen molar-refractivity contribution >= 4 is 16.0 Å². The molecule has 0 amide bonds. The van der Waals surface area contributed by atoms with E-state index in [0.717, 1.165) is 0 Å². The van der Waals surface area contributed by atoms with Crippen LogP contribution in [-0.4, -0.2) is 48.3 Å². The number of carboxylic acid groups (broad SMARTS) is 1. The fourth-order valence-corrected chi connectivity index (χ4v) is 5.27. The highest BCUT2D eigenvalue weighted by molar-refractivity contribution is 7.89. The molecule has 0 bridgehead atoms. The highest BCUT2D eigenvalue weighted by Gasteiger charge is 2.45. The van der Waals surface area contributed by atoms with E-state index < -0.39 is 39.3 Å². The molecule has 9 heteroatoms. The number of rotatable bonds is 3. The second-order valence-electron chi connectivity index (χ2n) is 6.07. The summed E-state index contributed by atoms with van der Waals surface area (Å²) < 4.78 is 64.1. The molecule has 1 saturated heterocycles. The maximum atomic E-state index is 12.6. The molecule has 1 heterocycles. The third kappa shape index (κ3) is 3.73. The maximum absolute atomic E-state index is 12.6. The lowest BCUT2D eigenvalue weighted by atomic mass is 9.88. The Labute approximate surface area is 127 Å². The number of carbonyl (C=O) groups is 1. The zero-order valence-electron chi connectivity index (χ0n) is 12.1. The summed E-state index contributed by atoms with van der Waals surface area (Å²) in [6.07, 6.45) is -4.01. The van der Waals surface area contributed by atoms with E-state index in [0.29, 0.717) is 0 Å². The second kappa shape index (κ2) is 6.35. The lowest BCUT2D eigenvalue weighted by Crippen LogP contribution is -2.46. The molecule has 0 radical (unpaired) electrons. The van der Waals surface area contributed by atoms with E-state index in [-0.39, 0.29) is 51.6 Å². The van der Waals surface area contributed by atoms with Gasteiger partial charge in [0.05, 0.1) is 17.1 Å². The number of carboxylic acids is 1. The molecular weight excluding hydrogens is 323 g/mol. The van der Waals surface area contributed by atoms with Crippen LogP contribution in [0.1, 0.15) is 38.5 Å². The molecule has 2 aliphatic rings. The van der Waals surface area contributed by atoms with Gasteiger partial charge < -0.3 is 5.11 Å². The highest BCUT2D eigenvalue weighted by Crippen LogP contribution is 2.40. The van der Waals surface area contributed by atoms with Crippen LogP contribution in [0.5, 0.6) is 0 Å². The van der Waals surface area contributed by atoms with Crippen LogP contribution in [0.4, 0.5) is 13.2 Å². The molecule has 0 atom stereocenters. The van der Waals surface area contributed by atoms with E-state index in [1.807, 2.05) is 0 Å². The van der Waals surface area contributed by atoms with Crippen molar-refractivity contribution in [2.45, 2.75) is 50.0 Å². The Balaban J connectivity index is 1.94. The van der Waals surface area contributed by atoms with Crippen LogP contribution in [0.25, 0.3) is 0 Å². The Kier molecular flexibility index (Phi) is 5.06. The van der Waals surface area contributed by atoms with Gasteiger partial charge >= 0.3 is 12.1 Å². The number of piperidine rings is 1. The van der Waals surface area contributed by atoms with Gasteiger partial charge in [-0.05, 0) is 38.5 Å². The molecule has 0 aromatic carbocycles. The Morgan fingerprint density at radius 3 is 1.91 bits per heavy atom. The SMILES string of the molecule is O=C(O)C1CCN(S(=O)(=O)C2CCC(C(F)(F)F)CC2)CC1. The van der Waals surface area contributed by atoms with Gasteiger partial charge in [0, 0.05) is 13.1 Å². The Morgan fingerprint density at radius 2 is 1.50 bits per heavy atom. The average Bonchev–Trinajstić information content (AvgIpc) is 2.46. The summed E-state index contributed by atoms with van der Waals surface area (Å²) in [6.45, 7) is 0.275. The lowest BCUT2D eigenvalue weighted by molar-refractivity contribution is -0.181. The van der Waals surface area contributed by atoms with E-state index in [9.17, 15) is 26.4 Å². The summed E-state index contributed by atoms with van der Waals surface area (Å²) in [4.78, 5) is 10.9. The molecule has 2 fully saturated rings. The molecule has 0 aromatic heterocycles. The first-order valence-electron chi connectivity index (χ1n) is 7.41. The molecule has 1 saturated carbocycles. The summed E-state index contributed by atoms with van der Waals surface area (Å²) in [5.41, 5.74) is 0. The van der Waals surface area contributed by atoms with Crippen LogP contribution >= 0.6 is 0 Å². The molecule has 1 aliphatic heterocycles. The topological polar surface area (TPSA) is 74.7 Å². The van der Waals surface area contributed by atoms with Crippen LogP contribution in [0.2, 0.25) is 0 Å². The predicted molar refractivity (Wildman–Crippen MR) is 72.7 cm³/mol. The van der Waals surface area contributed by atoms with E-state index in [1.165, 1.54) is 4.31 Å². The third-order valence-corrected chi connectivity index (χ3v) is 7.12. The third-order valence-electron chi connectivity index (χ3n) is 4.72. The predicted octanol–water partition coefficient (Wildman–Crippen LogP) is 2.23. The minimum atomic E-state index is -4.26. The van der Waals surface area contributed by atoms with E-state index >= 15 is 0 Å². The van der Waals surface area contributed by atoms with Crippen LogP contribution < -0.4 is 0 Å². The average molecular weight is 343 g/mol. The number of sulfonamides is 1. The van der Waals surface area contributed by atoms with E-state index in [4.69, 9.17) is 5.11 Å². The van der Waals surface area contributed by atoms with Crippen LogP contribution in [-0.2, 0) is 14.8 Å². The molecule has 0 unspecified atom stereocenters. The molecule has 0 aromatic rings. The van der Waals surface area contributed by atoms with Crippen LogP contribution in [0.3, 0.4) is 0 Å². The number of hydrogen-bond acceptors (Lipinski definition) is 3. The molecule has 5 nitrogen and oxygen atoms in total. The molecule has 2 rings (SSSR count). The molecular formula is C13H20F3NO4S. The summed E-state index contributed by atoms with van der Waals surface area (Å²) in [7, 11) is -3.63. The Morgan fingerprint density at radius 1 is 1.00 bits per heavy atom. The van der Waals surface area contributed by atoms with Crippen molar-refractivity contribution in [2.24, 2.45) is 11.8 Å². The largest absolute Gasteiger partial charge is 0.481 e. The van der Waals surface area contributed by atoms with Crippen molar-refractivity contribution in [2.75, 3.05) is 13.1 Å². The Bertz CT molecular complexity index is 504. The van der Waals surface area contributed by atoms with Gasteiger partial charge in [0.15, 0.2) is 0 Å². The fourth-order valence-electron chi connectivity index (χ4n) is 3.26. The number of nitrogens with zero attached hydrogens (tertiary/aromatic N) is 1. The number of hydrogen-bond donors (Lipinski definition) is 1. The van der Waals surface area contributed by atoms with Gasteiger partial charge in [-0.2, -0.15) is 13.2 Å². The van der Waals surface area contributed by atoms with Gasteiger partial charge in [0.1, 0.15) is 0 Å². The summed E-state index contributed by atoms with van der Waals surface area (Å²) in [6, 6.07) is 0. The number of halogens is 3. The Hall–Kier alpha value is -0.830. The molecule has 22 heavy (non-hydrogen) atoms. The van der Waals surface area contributed by atoms with Gasteiger partial charge in [-0.1, -0.05) is 0 Å². The van der Waals surface area contributed by atoms with Gasteiger partial charge in [-0.15, -0.1) is 0 Å². The minimum absolute atomic E-state index is 0.0192. The van der Waals surface area contributed by atoms with E-state index in [2.05, 4.69) is 0 Å². The molecule has 128 valence electrons. The van der Waals surface area contributed by atoms with Crippen molar-refractivity contribution in [1.82, 2.24) is 4.31 Å². The first-order valence-corrected chi connectivity index (χ1v) is 8.91. The minimum Gasteiger partial charge on any atom is -0.481 e. The maximum Gasteiger partial charge on any atom is 0.391 e. The molecule has 1 N–H and O–H groups in total. The summed E-state index contributed by atoms with van der Waals surface area (Å²) >= 11 is 0. The van der Waals surface area contributed by atoms with Crippen molar-refractivity contribution < 1.29 is 31.5 Å². The highest BCUT2D eigenvalue weighted by atomic mass is 32.2. The van der Waals surface area contributed by atoms with Gasteiger partial charge in [0.2, 0.25) is 10.0 Å². The lowest BCUT2D eigenvalue weighted by Gasteiger charge is -2.35. The number of alkyl halides is 3. The smallest absolute Gasteiger partial charge is 0.391 e. The fraction of sp³-hybridized carbons (Fsp3) is 0.923. The normalized spacial score (nSPS) is 29.4. The van der Waals surface area contributed by atoms with Crippen molar-refractivity contribution in [3.8, 4) is 0 Å². The first-order chi connectivity index (χ1) is 10.1. The summed E-state index contributed by atoms with van der Waals surface area (Å²) in [5, 5.41) is 8.14. The zero-order valence-corrected chi connectivity index (χ0v) is 12.9. The summed E-state index contributed by atoms with van der Waals surface area (Å²) in [5.74, 6) is -2.87. The number of aliphatic carboxylic acids is 1. The first kappa shape index (κ1) is 17.5. The van der Waals surface area contributed by atoms with Crippen molar-refractivity contribution in [1.29, 1.82) is 0 Å². The molecule has 1 aliphatic carbocycles. The van der Waals surface area contributed by atoms with Crippen LogP contribution in [0, 0.1) is 11.8 Å². The van der Waals surface area contributed by atoms with Gasteiger partial charge in [0.25, 0.3) is 0 Å². The van der Waals surface area contributed by atoms with E-state index in [1.54, 1.807) is 0 Å². The van der Waals surface area contributed by atoms with Crippen molar-refractivity contribution in [3.05, 3.63) is 0 Å². The van der Waals surface area contributed by atoms with Gasteiger partial charge in [-0.3, -0.25) is 4.79 Å². The van der Waals surface area contributed by atoms with Gasteiger partial charge in [-0.25, -0.2) is 12.7 Å². The standard InChI is InChI=1S/C13H20F3NO4S/c14-13(15,16)10-1-3-11(4-2-10)22(20,21)17-7-5-9(6-8-17)12(18)19/h9-11H,1-8H2,(H,18,19). The molecule has 0 spiro atoms. The second-order valence-corrected chi connectivity index (χ2v) is 8.28. The monoisotopic (exact) mass is 343 g/mol. The quantitative estimate of drug-likeness (QED) is 0.853. The van der Waals surface area contributed by atoms with Crippen LogP contribution in [0.15, 0.2) is 0 Å².